The van der Waals surface area contributed by atoms with Crippen LogP contribution < -0.4 is 15.2 Å². The highest BCUT2D eigenvalue weighted by molar-refractivity contribution is 5.45. The lowest BCUT2D eigenvalue weighted by Crippen LogP contribution is -2.50. The smallest absolute Gasteiger partial charge is 0.231 e. The quantitative estimate of drug-likeness (QED) is 0.918. The number of fused-ring (bicyclic) bond motifs is 1. The highest BCUT2D eigenvalue weighted by atomic mass is 16.7. The van der Waals surface area contributed by atoms with Gasteiger partial charge in [-0.15, -0.1) is 0 Å². The minimum absolute atomic E-state index is 0.0288. The van der Waals surface area contributed by atoms with E-state index in [-0.39, 0.29) is 12.1 Å². The fraction of sp³-hybridized carbons (Fsp3) is 0.625. The van der Waals surface area contributed by atoms with E-state index in [1.165, 1.54) is 0 Å². The molecule has 2 aliphatic rings. The number of hydrogen-bond acceptors (Lipinski definition) is 5. The predicted molar refractivity (Wildman–Crippen MR) is 80.6 cm³/mol. The monoisotopic (exact) mass is 292 g/mol. The SMILES string of the molecule is CCC1COC(C)CN1CC(N)c1ccc2c(c1)OCO2. The molecular weight excluding hydrogens is 268 g/mol. The lowest BCUT2D eigenvalue weighted by Gasteiger charge is -2.39. The van der Waals surface area contributed by atoms with Crippen molar-refractivity contribution < 1.29 is 14.2 Å². The first-order valence-electron chi connectivity index (χ1n) is 7.68. The minimum atomic E-state index is -0.0288. The number of hydrogen-bond donors (Lipinski definition) is 1. The lowest BCUT2D eigenvalue weighted by molar-refractivity contribution is -0.0575. The highest BCUT2D eigenvalue weighted by Gasteiger charge is 2.27. The predicted octanol–water partition coefficient (Wildman–Crippen LogP) is 1.91. The molecule has 2 aliphatic heterocycles. The van der Waals surface area contributed by atoms with Crippen LogP contribution in [0.25, 0.3) is 0 Å². The first kappa shape index (κ1) is 14.6. The van der Waals surface area contributed by atoms with Gasteiger partial charge in [-0.05, 0) is 31.0 Å². The first-order chi connectivity index (χ1) is 10.2. The van der Waals surface area contributed by atoms with Gasteiger partial charge in [-0.25, -0.2) is 0 Å². The molecule has 5 nitrogen and oxygen atoms in total. The number of benzene rings is 1. The molecule has 3 rings (SSSR count). The third-order valence-electron chi connectivity index (χ3n) is 4.31. The molecule has 116 valence electrons. The molecule has 0 saturated carbocycles. The molecule has 21 heavy (non-hydrogen) atoms. The fourth-order valence-electron chi connectivity index (χ4n) is 3.01. The molecule has 1 aromatic rings. The second-order valence-electron chi connectivity index (χ2n) is 5.88. The van der Waals surface area contributed by atoms with Crippen LogP contribution in [0.3, 0.4) is 0 Å². The van der Waals surface area contributed by atoms with Crippen LogP contribution in [0.4, 0.5) is 0 Å². The van der Waals surface area contributed by atoms with Gasteiger partial charge in [-0.2, -0.15) is 0 Å². The average Bonchev–Trinajstić information content (AvgIpc) is 2.94. The van der Waals surface area contributed by atoms with Crippen molar-refractivity contribution in [3.8, 4) is 11.5 Å². The van der Waals surface area contributed by atoms with E-state index >= 15 is 0 Å². The van der Waals surface area contributed by atoms with Crippen molar-refractivity contribution >= 4 is 0 Å². The summed E-state index contributed by atoms with van der Waals surface area (Å²) in [7, 11) is 0. The van der Waals surface area contributed by atoms with Crippen LogP contribution in [-0.2, 0) is 4.74 Å². The number of morpholine rings is 1. The van der Waals surface area contributed by atoms with Gasteiger partial charge in [0.25, 0.3) is 0 Å². The van der Waals surface area contributed by atoms with Crippen molar-refractivity contribution in [1.29, 1.82) is 0 Å². The summed E-state index contributed by atoms with van der Waals surface area (Å²) in [6.07, 6.45) is 1.36. The van der Waals surface area contributed by atoms with Gasteiger partial charge in [-0.1, -0.05) is 13.0 Å². The largest absolute Gasteiger partial charge is 0.454 e. The fourth-order valence-corrected chi connectivity index (χ4v) is 3.01. The van der Waals surface area contributed by atoms with E-state index < -0.39 is 0 Å². The molecule has 5 heteroatoms. The Balaban J connectivity index is 1.68. The van der Waals surface area contributed by atoms with Gasteiger partial charge >= 0.3 is 0 Å². The molecule has 1 saturated heterocycles. The van der Waals surface area contributed by atoms with Crippen LogP contribution in [0.2, 0.25) is 0 Å². The summed E-state index contributed by atoms with van der Waals surface area (Å²) in [4.78, 5) is 2.45. The van der Waals surface area contributed by atoms with Crippen molar-refractivity contribution in [1.82, 2.24) is 4.90 Å². The molecule has 1 aromatic carbocycles. The van der Waals surface area contributed by atoms with E-state index in [2.05, 4.69) is 18.7 Å². The molecule has 3 unspecified atom stereocenters. The molecule has 0 bridgehead atoms. The Hall–Kier alpha value is -1.30. The summed E-state index contributed by atoms with van der Waals surface area (Å²) in [5, 5.41) is 0. The van der Waals surface area contributed by atoms with E-state index in [0.29, 0.717) is 12.8 Å². The topological polar surface area (TPSA) is 57.0 Å². The average molecular weight is 292 g/mol. The van der Waals surface area contributed by atoms with Crippen molar-refractivity contribution in [2.24, 2.45) is 5.73 Å². The maximum absolute atomic E-state index is 6.40. The normalized spacial score (nSPS) is 26.8. The Kier molecular flexibility index (Phi) is 4.33. The maximum atomic E-state index is 6.40. The van der Waals surface area contributed by atoms with E-state index in [9.17, 15) is 0 Å². The van der Waals surface area contributed by atoms with Crippen LogP contribution >= 0.6 is 0 Å². The standard InChI is InChI=1S/C16H24N2O3/c1-3-13-9-19-11(2)7-18(13)8-14(17)12-4-5-15-16(6-12)21-10-20-15/h4-6,11,13-14H,3,7-10,17H2,1-2H3. The Labute approximate surface area is 126 Å². The molecule has 2 heterocycles. The van der Waals surface area contributed by atoms with Gasteiger partial charge < -0.3 is 19.9 Å². The Morgan fingerprint density at radius 3 is 2.95 bits per heavy atom. The number of ether oxygens (including phenoxy) is 3. The van der Waals surface area contributed by atoms with Crippen molar-refractivity contribution in [3.05, 3.63) is 23.8 Å². The van der Waals surface area contributed by atoms with Crippen LogP contribution in [0.15, 0.2) is 18.2 Å². The second kappa shape index (κ2) is 6.22. The Morgan fingerprint density at radius 2 is 2.14 bits per heavy atom. The van der Waals surface area contributed by atoms with Crippen LogP contribution in [0, 0.1) is 0 Å². The first-order valence-corrected chi connectivity index (χ1v) is 7.68. The summed E-state index contributed by atoms with van der Waals surface area (Å²) < 4.78 is 16.5. The van der Waals surface area contributed by atoms with Crippen LogP contribution in [-0.4, -0.2) is 43.5 Å². The maximum Gasteiger partial charge on any atom is 0.231 e. The molecule has 0 radical (unpaired) electrons. The van der Waals surface area contributed by atoms with E-state index in [4.69, 9.17) is 19.9 Å². The number of rotatable bonds is 4. The van der Waals surface area contributed by atoms with Gasteiger partial charge in [0.15, 0.2) is 11.5 Å². The zero-order valence-electron chi connectivity index (χ0n) is 12.7. The summed E-state index contributed by atoms with van der Waals surface area (Å²) in [5.74, 6) is 1.60. The molecule has 0 aromatic heterocycles. The summed E-state index contributed by atoms with van der Waals surface area (Å²) >= 11 is 0. The van der Waals surface area contributed by atoms with Gasteiger partial charge in [0.2, 0.25) is 6.79 Å². The molecule has 0 amide bonds. The second-order valence-corrected chi connectivity index (χ2v) is 5.88. The van der Waals surface area contributed by atoms with Crippen molar-refractivity contribution in [3.63, 3.8) is 0 Å². The van der Waals surface area contributed by atoms with E-state index in [1.54, 1.807) is 0 Å². The van der Waals surface area contributed by atoms with Gasteiger partial charge in [0.05, 0.1) is 12.7 Å². The molecule has 0 spiro atoms. The van der Waals surface area contributed by atoms with E-state index in [1.807, 2.05) is 18.2 Å². The summed E-state index contributed by atoms with van der Waals surface area (Å²) in [6, 6.07) is 6.40. The van der Waals surface area contributed by atoms with Crippen LogP contribution in [0.1, 0.15) is 31.9 Å². The van der Waals surface area contributed by atoms with Crippen molar-refractivity contribution in [2.75, 3.05) is 26.5 Å². The van der Waals surface area contributed by atoms with Crippen LogP contribution in [0.5, 0.6) is 11.5 Å². The highest BCUT2D eigenvalue weighted by Crippen LogP contribution is 2.34. The summed E-state index contributed by atoms with van der Waals surface area (Å²) in [6.45, 7) is 7.19. The molecule has 0 aliphatic carbocycles. The Morgan fingerprint density at radius 1 is 1.33 bits per heavy atom. The number of nitrogens with two attached hydrogens (primary N) is 1. The van der Waals surface area contributed by atoms with Gasteiger partial charge in [0.1, 0.15) is 0 Å². The van der Waals surface area contributed by atoms with Crippen molar-refractivity contribution in [2.45, 2.75) is 38.5 Å². The Bertz CT molecular complexity index is 494. The van der Waals surface area contributed by atoms with Gasteiger partial charge in [-0.3, -0.25) is 4.90 Å². The lowest BCUT2D eigenvalue weighted by atomic mass is 10.0. The zero-order chi connectivity index (χ0) is 14.8. The minimum Gasteiger partial charge on any atom is -0.454 e. The zero-order valence-corrected chi connectivity index (χ0v) is 12.7. The molecular formula is C16H24N2O3. The molecule has 3 atom stereocenters. The summed E-state index contributed by atoms with van der Waals surface area (Å²) in [5.41, 5.74) is 7.49. The van der Waals surface area contributed by atoms with E-state index in [0.717, 1.165) is 43.2 Å². The molecule has 1 fully saturated rings. The number of nitrogens with zero attached hydrogens (tertiary/aromatic N) is 1. The molecule has 2 N–H and O–H groups in total. The third-order valence-corrected chi connectivity index (χ3v) is 4.31. The van der Waals surface area contributed by atoms with Gasteiger partial charge in [0, 0.05) is 25.2 Å². The third kappa shape index (κ3) is 3.15.